The van der Waals surface area contributed by atoms with Gasteiger partial charge in [-0.3, -0.25) is 9.59 Å². The van der Waals surface area contributed by atoms with Gasteiger partial charge in [0, 0.05) is 11.3 Å². The molecule has 1 aliphatic rings. The molecule has 3 aromatic rings. The third kappa shape index (κ3) is 4.34. The molecule has 0 saturated heterocycles. The molecule has 0 spiro atoms. The van der Waals surface area contributed by atoms with Crippen molar-refractivity contribution in [2.24, 2.45) is 0 Å². The fourth-order valence-corrected chi connectivity index (χ4v) is 4.25. The normalized spacial score (nSPS) is 14.7. The van der Waals surface area contributed by atoms with E-state index in [1.165, 1.54) is 18.7 Å². The van der Waals surface area contributed by atoms with Gasteiger partial charge in [-0.2, -0.15) is 0 Å². The maximum atomic E-state index is 12.5. The second kappa shape index (κ2) is 7.99. The van der Waals surface area contributed by atoms with Crippen LogP contribution in [0.3, 0.4) is 0 Å². The van der Waals surface area contributed by atoms with Crippen LogP contribution in [0.5, 0.6) is 0 Å². The quantitative estimate of drug-likeness (QED) is 0.349. The molecule has 1 aliphatic carbocycles. The molecule has 0 bridgehead atoms. The van der Waals surface area contributed by atoms with Gasteiger partial charge in [0.05, 0.1) is 23.1 Å². The topological polar surface area (TPSA) is 85.1 Å². The van der Waals surface area contributed by atoms with Gasteiger partial charge < -0.3 is 9.73 Å². The molecular formula is C22H23N3O3S. The summed E-state index contributed by atoms with van der Waals surface area (Å²) in [5.41, 5.74) is 2.00. The van der Waals surface area contributed by atoms with Crippen LogP contribution < -0.4 is 5.32 Å². The number of para-hydroxylation sites is 1. The van der Waals surface area contributed by atoms with E-state index in [-0.39, 0.29) is 23.5 Å². The number of carbonyl (C=O) groups is 2. The number of ketones is 1. The number of Topliss-reactive ketones (excluding diaryl/α,β-unsaturated/α-hetero) is 1. The van der Waals surface area contributed by atoms with Gasteiger partial charge in [0.1, 0.15) is 22.2 Å². The monoisotopic (exact) mass is 409 g/mol. The van der Waals surface area contributed by atoms with Crippen LogP contribution in [0.15, 0.2) is 39.8 Å². The standard InChI is InChI=1S/C22H23N3O3S/c1-12(18-10-16-6-4-5-7-17(16)28-18)23-19(27)11-29-22-20(14(3)26)13(2)24-21(25-22)15-8-9-15/h4-7,10,12,15H,8-9,11H2,1-3H3,(H,23,27)/t12-/m1/s1. The highest BCUT2D eigenvalue weighted by molar-refractivity contribution is 8.00. The van der Waals surface area contributed by atoms with Gasteiger partial charge >= 0.3 is 0 Å². The fraction of sp³-hybridized carbons (Fsp3) is 0.364. The van der Waals surface area contributed by atoms with Crippen molar-refractivity contribution in [1.82, 2.24) is 15.3 Å². The molecule has 0 unspecified atom stereocenters. The molecule has 150 valence electrons. The first-order valence-corrected chi connectivity index (χ1v) is 10.7. The summed E-state index contributed by atoms with van der Waals surface area (Å²) >= 11 is 1.28. The van der Waals surface area contributed by atoms with Crippen LogP contribution in [-0.4, -0.2) is 27.4 Å². The average molecular weight is 410 g/mol. The lowest BCUT2D eigenvalue weighted by Gasteiger charge is -2.13. The van der Waals surface area contributed by atoms with Crippen molar-refractivity contribution < 1.29 is 14.0 Å². The summed E-state index contributed by atoms with van der Waals surface area (Å²) in [6.07, 6.45) is 2.16. The number of aryl methyl sites for hydroxylation is 1. The van der Waals surface area contributed by atoms with E-state index in [0.717, 1.165) is 29.6 Å². The van der Waals surface area contributed by atoms with Crippen LogP contribution in [0.25, 0.3) is 11.0 Å². The third-order valence-electron chi connectivity index (χ3n) is 4.96. The summed E-state index contributed by atoms with van der Waals surface area (Å²) in [7, 11) is 0. The zero-order valence-corrected chi connectivity index (χ0v) is 17.5. The van der Waals surface area contributed by atoms with Crippen molar-refractivity contribution in [2.45, 2.75) is 50.6 Å². The first-order chi connectivity index (χ1) is 13.9. The van der Waals surface area contributed by atoms with Crippen molar-refractivity contribution >= 4 is 34.4 Å². The molecule has 1 saturated carbocycles. The van der Waals surface area contributed by atoms with E-state index in [0.29, 0.717) is 28.0 Å². The molecule has 6 nitrogen and oxygen atoms in total. The van der Waals surface area contributed by atoms with Gasteiger partial charge in [0.15, 0.2) is 5.78 Å². The van der Waals surface area contributed by atoms with E-state index in [4.69, 9.17) is 4.42 Å². The van der Waals surface area contributed by atoms with Gasteiger partial charge in [-0.15, -0.1) is 0 Å². The molecule has 2 heterocycles. The van der Waals surface area contributed by atoms with E-state index in [1.54, 1.807) is 0 Å². The maximum absolute atomic E-state index is 12.5. The summed E-state index contributed by atoms with van der Waals surface area (Å²) in [5, 5.41) is 4.56. The van der Waals surface area contributed by atoms with Crippen LogP contribution in [0, 0.1) is 6.92 Å². The lowest BCUT2D eigenvalue weighted by molar-refractivity contribution is -0.119. The molecule has 2 aromatic heterocycles. The van der Waals surface area contributed by atoms with Crippen molar-refractivity contribution in [3.8, 4) is 0 Å². The molecule has 29 heavy (non-hydrogen) atoms. The van der Waals surface area contributed by atoms with E-state index >= 15 is 0 Å². The smallest absolute Gasteiger partial charge is 0.230 e. The Labute approximate surface area is 173 Å². The molecule has 1 fully saturated rings. The fourth-order valence-electron chi connectivity index (χ4n) is 3.31. The van der Waals surface area contributed by atoms with E-state index in [2.05, 4.69) is 15.3 Å². The van der Waals surface area contributed by atoms with Gasteiger partial charge in [-0.1, -0.05) is 30.0 Å². The summed E-state index contributed by atoms with van der Waals surface area (Å²) in [6, 6.07) is 9.44. The Hall–Kier alpha value is -2.67. The van der Waals surface area contributed by atoms with E-state index < -0.39 is 0 Å². The summed E-state index contributed by atoms with van der Waals surface area (Å²) < 4.78 is 5.82. The zero-order chi connectivity index (χ0) is 20.5. The minimum Gasteiger partial charge on any atom is -0.459 e. The number of fused-ring (bicyclic) bond motifs is 1. The number of rotatable bonds is 7. The number of carbonyl (C=O) groups excluding carboxylic acids is 2. The lowest BCUT2D eigenvalue weighted by atomic mass is 10.1. The number of thioether (sulfide) groups is 1. The van der Waals surface area contributed by atoms with E-state index in [1.807, 2.05) is 44.2 Å². The molecule has 4 rings (SSSR count). The highest BCUT2D eigenvalue weighted by atomic mass is 32.2. The number of furan rings is 1. The van der Waals surface area contributed by atoms with Crippen molar-refractivity contribution in [3.05, 3.63) is 53.2 Å². The van der Waals surface area contributed by atoms with Crippen molar-refractivity contribution in [3.63, 3.8) is 0 Å². The number of benzene rings is 1. The molecule has 7 heteroatoms. The Morgan fingerprint density at radius 1 is 1.28 bits per heavy atom. The van der Waals surface area contributed by atoms with Crippen LogP contribution in [-0.2, 0) is 4.79 Å². The highest BCUT2D eigenvalue weighted by Crippen LogP contribution is 2.39. The summed E-state index contributed by atoms with van der Waals surface area (Å²) in [6.45, 7) is 5.23. The first-order valence-electron chi connectivity index (χ1n) is 9.72. The van der Waals surface area contributed by atoms with Crippen molar-refractivity contribution in [2.75, 3.05) is 5.75 Å². The van der Waals surface area contributed by atoms with Crippen LogP contribution in [0.1, 0.15) is 66.3 Å². The number of hydrogen-bond acceptors (Lipinski definition) is 6. The Morgan fingerprint density at radius 3 is 2.72 bits per heavy atom. The number of nitrogens with zero attached hydrogens (tertiary/aromatic N) is 2. The van der Waals surface area contributed by atoms with Gasteiger partial charge in [0.2, 0.25) is 5.91 Å². The van der Waals surface area contributed by atoms with Crippen molar-refractivity contribution in [1.29, 1.82) is 0 Å². The minimum absolute atomic E-state index is 0.0802. The number of nitrogens with one attached hydrogen (secondary N) is 1. The summed E-state index contributed by atoms with van der Waals surface area (Å²) in [4.78, 5) is 33.7. The Kier molecular flexibility index (Phi) is 5.41. The third-order valence-corrected chi connectivity index (χ3v) is 5.93. The van der Waals surface area contributed by atoms with E-state index in [9.17, 15) is 9.59 Å². The molecule has 0 aliphatic heterocycles. The predicted octanol–water partition coefficient (Wildman–Crippen LogP) is 4.58. The highest BCUT2D eigenvalue weighted by Gasteiger charge is 2.29. The first kappa shape index (κ1) is 19.6. The predicted molar refractivity (Wildman–Crippen MR) is 112 cm³/mol. The number of hydrogen-bond donors (Lipinski definition) is 1. The average Bonchev–Trinajstić information content (AvgIpc) is 3.43. The largest absolute Gasteiger partial charge is 0.459 e. The number of aromatic nitrogens is 2. The molecular weight excluding hydrogens is 386 g/mol. The Morgan fingerprint density at radius 2 is 2.03 bits per heavy atom. The lowest BCUT2D eigenvalue weighted by Crippen LogP contribution is -2.28. The molecule has 1 atom stereocenters. The van der Waals surface area contributed by atoms with Crippen LogP contribution in [0.2, 0.25) is 0 Å². The Balaban J connectivity index is 1.44. The second-order valence-corrected chi connectivity index (χ2v) is 8.41. The maximum Gasteiger partial charge on any atom is 0.230 e. The van der Waals surface area contributed by atoms with Crippen LogP contribution >= 0.6 is 11.8 Å². The molecule has 1 aromatic carbocycles. The number of amides is 1. The zero-order valence-electron chi connectivity index (χ0n) is 16.7. The van der Waals surface area contributed by atoms with Gasteiger partial charge in [0.25, 0.3) is 0 Å². The minimum atomic E-state index is -0.253. The summed E-state index contributed by atoms with van der Waals surface area (Å²) in [5.74, 6) is 1.83. The molecule has 0 radical (unpaired) electrons. The van der Waals surface area contributed by atoms with Gasteiger partial charge in [-0.05, 0) is 45.7 Å². The second-order valence-electron chi connectivity index (χ2n) is 7.44. The van der Waals surface area contributed by atoms with Gasteiger partial charge in [-0.25, -0.2) is 9.97 Å². The molecule has 1 N–H and O–H groups in total. The SMILES string of the molecule is CC(=O)c1c(C)nc(C2CC2)nc1SCC(=O)N[C@H](C)c1cc2ccccc2o1. The van der Waals surface area contributed by atoms with Crippen LogP contribution in [0.4, 0.5) is 0 Å². The Bertz CT molecular complexity index is 1060. The molecule has 1 amide bonds.